The van der Waals surface area contributed by atoms with Crippen LogP contribution in [0.2, 0.25) is 0 Å². The van der Waals surface area contributed by atoms with Crippen LogP contribution >= 0.6 is 31.9 Å². The number of Topliss-reactive ketones (excluding diaryl/α,β-unsaturated/α-hetero) is 1. The van der Waals surface area contributed by atoms with Gasteiger partial charge in [0.25, 0.3) is 0 Å². The molecule has 0 radical (unpaired) electrons. The normalized spacial score (nSPS) is 11.8. The second-order valence-corrected chi connectivity index (χ2v) is 8.26. The van der Waals surface area contributed by atoms with E-state index in [2.05, 4.69) is 31.9 Å². The highest BCUT2D eigenvalue weighted by molar-refractivity contribution is 9.11. The summed E-state index contributed by atoms with van der Waals surface area (Å²) < 4.78 is 2.09. The van der Waals surface area contributed by atoms with E-state index in [1.807, 2.05) is 72.8 Å². The third-order valence-corrected chi connectivity index (χ3v) is 5.98. The summed E-state index contributed by atoms with van der Waals surface area (Å²) in [5.74, 6) is 0.105. The van der Waals surface area contributed by atoms with Crippen LogP contribution in [-0.2, 0) is 0 Å². The number of aliphatic hydroxyl groups is 1. The van der Waals surface area contributed by atoms with E-state index in [0.29, 0.717) is 0 Å². The largest absolute Gasteiger partial charge is 0.389 e. The Morgan fingerprint density at radius 3 is 1.79 bits per heavy atom. The molecule has 4 aromatic rings. The number of rotatable bonds is 2. The van der Waals surface area contributed by atoms with Crippen LogP contribution in [0.1, 0.15) is 35.9 Å². The molecule has 28 heavy (non-hydrogen) atoms. The van der Waals surface area contributed by atoms with Gasteiger partial charge in [-0.05, 0) is 53.1 Å². The van der Waals surface area contributed by atoms with Crippen molar-refractivity contribution >= 4 is 59.2 Å². The minimum absolute atomic E-state index is 0.105. The Morgan fingerprint density at radius 2 is 1.21 bits per heavy atom. The Morgan fingerprint density at radius 1 is 0.750 bits per heavy atom. The first-order valence-electron chi connectivity index (χ1n) is 8.93. The van der Waals surface area contributed by atoms with Gasteiger partial charge in [0.1, 0.15) is 0 Å². The molecule has 4 rings (SSSR count). The summed E-state index contributed by atoms with van der Waals surface area (Å²) in [6.45, 7) is 3.38. The van der Waals surface area contributed by atoms with Gasteiger partial charge in [-0.1, -0.05) is 92.5 Å². The minimum Gasteiger partial charge on any atom is -0.389 e. The fourth-order valence-electron chi connectivity index (χ4n) is 3.24. The van der Waals surface area contributed by atoms with Gasteiger partial charge in [-0.3, -0.25) is 4.79 Å². The Bertz CT molecular complexity index is 1150. The summed E-state index contributed by atoms with van der Waals surface area (Å²) in [6, 6.07) is 23.7. The van der Waals surface area contributed by atoms with Crippen molar-refractivity contribution in [3.8, 4) is 0 Å². The van der Waals surface area contributed by atoms with Crippen molar-refractivity contribution in [2.75, 3.05) is 0 Å². The van der Waals surface area contributed by atoms with Crippen molar-refractivity contribution in [1.82, 2.24) is 0 Å². The van der Waals surface area contributed by atoms with Crippen LogP contribution in [0.15, 0.2) is 81.7 Å². The number of ketones is 1. The topological polar surface area (TPSA) is 37.3 Å². The number of fused-ring (bicyclic) bond motifs is 2. The standard InChI is InChI=1S/C12H11BrO.C12H9BrO/c2*1-8(14)9-4-2-6-11-10(9)5-3-7-12(11)13/h2-8,14H,1H3;2-7H,1H3. The number of benzene rings is 4. The molecule has 142 valence electrons. The SMILES string of the molecule is CC(=O)c1cccc2c(Br)cccc12.CC(O)c1cccc2c(Br)cccc12. The van der Waals surface area contributed by atoms with Gasteiger partial charge >= 0.3 is 0 Å². The summed E-state index contributed by atoms with van der Waals surface area (Å²) in [6.07, 6.45) is -0.423. The van der Waals surface area contributed by atoms with Crippen molar-refractivity contribution in [3.63, 3.8) is 0 Å². The van der Waals surface area contributed by atoms with Crippen molar-refractivity contribution in [3.05, 3.63) is 92.9 Å². The molecule has 2 nitrogen and oxygen atoms in total. The van der Waals surface area contributed by atoms with Crippen LogP contribution in [-0.4, -0.2) is 10.9 Å². The van der Waals surface area contributed by atoms with E-state index in [4.69, 9.17) is 0 Å². The number of hydrogen-bond acceptors (Lipinski definition) is 2. The number of hydrogen-bond donors (Lipinski definition) is 1. The van der Waals surface area contributed by atoms with Crippen molar-refractivity contribution in [1.29, 1.82) is 0 Å². The first-order chi connectivity index (χ1) is 13.4. The molecule has 0 saturated heterocycles. The van der Waals surface area contributed by atoms with Crippen LogP contribution in [0, 0.1) is 0 Å². The van der Waals surface area contributed by atoms with Gasteiger partial charge in [0, 0.05) is 14.5 Å². The average molecular weight is 500 g/mol. The fourth-order valence-corrected chi connectivity index (χ4v) is 4.24. The quantitative estimate of drug-likeness (QED) is 0.290. The molecule has 0 bridgehead atoms. The smallest absolute Gasteiger partial charge is 0.160 e. The lowest BCUT2D eigenvalue weighted by molar-refractivity contribution is 0.101. The molecular weight excluding hydrogens is 480 g/mol. The number of halogens is 2. The van der Waals surface area contributed by atoms with Gasteiger partial charge in [-0.2, -0.15) is 0 Å². The Balaban J connectivity index is 0.000000161. The van der Waals surface area contributed by atoms with Gasteiger partial charge in [0.15, 0.2) is 5.78 Å². The molecule has 0 fully saturated rings. The van der Waals surface area contributed by atoms with Crippen LogP contribution in [0.4, 0.5) is 0 Å². The highest BCUT2D eigenvalue weighted by atomic mass is 79.9. The predicted octanol–water partition coefficient (Wildman–Crippen LogP) is 7.46. The van der Waals surface area contributed by atoms with Gasteiger partial charge in [0.05, 0.1) is 6.10 Å². The zero-order valence-corrected chi connectivity index (χ0v) is 18.8. The van der Waals surface area contributed by atoms with Crippen molar-refractivity contribution in [2.24, 2.45) is 0 Å². The summed E-state index contributed by atoms with van der Waals surface area (Å²) in [5.41, 5.74) is 1.76. The first-order valence-corrected chi connectivity index (χ1v) is 10.5. The summed E-state index contributed by atoms with van der Waals surface area (Å²) in [7, 11) is 0. The van der Waals surface area contributed by atoms with Gasteiger partial charge < -0.3 is 5.11 Å². The second kappa shape index (κ2) is 8.99. The van der Waals surface area contributed by atoms with Gasteiger partial charge in [-0.15, -0.1) is 0 Å². The lowest BCUT2D eigenvalue weighted by atomic mass is 10.0. The molecule has 1 atom stereocenters. The van der Waals surface area contributed by atoms with Crippen LogP contribution in [0.3, 0.4) is 0 Å². The molecule has 0 amide bonds. The summed E-state index contributed by atoms with van der Waals surface area (Å²) in [4.78, 5) is 11.4. The number of carbonyl (C=O) groups excluding carboxylic acids is 1. The van der Waals surface area contributed by atoms with E-state index >= 15 is 0 Å². The molecule has 0 heterocycles. The summed E-state index contributed by atoms with van der Waals surface area (Å²) >= 11 is 6.97. The van der Waals surface area contributed by atoms with E-state index in [-0.39, 0.29) is 5.78 Å². The van der Waals surface area contributed by atoms with E-state index in [9.17, 15) is 9.90 Å². The molecule has 0 spiro atoms. The van der Waals surface area contributed by atoms with E-state index < -0.39 is 6.10 Å². The van der Waals surface area contributed by atoms with Gasteiger partial charge in [-0.25, -0.2) is 0 Å². The zero-order chi connectivity index (χ0) is 20.3. The van der Waals surface area contributed by atoms with Gasteiger partial charge in [0.2, 0.25) is 0 Å². The molecular formula is C24H20Br2O2. The molecule has 1 N–H and O–H groups in total. The molecule has 4 heteroatoms. The molecule has 0 saturated carbocycles. The maximum absolute atomic E-state index is 11.4. The summed E-state index contributed by atoms with van der Waals surface area (Å²) in [5, 5.41) is 13.9. The van der Waals surface area contributed by atoms with Crippen molar-refractivity contribution in [2.45, 2.75) is 20.0 Å². The first kappa shape index (κ1) is 20.7. The maximum atomic E-state index is 11.4. The fraction of sp³-hybridized carbons (Fsp3) is 0.125. The van der Waals surface area contributed by atoms with Crippen LogP contribution in [0.5, 0.6) is 0 Å². The lowest BCUT2D eigenvalue weighted by Gasteiger charge is -2.09. The monoisotopic (exact) mass is 498 g/mol. The lowest BCUT2D eigenvalue weighted by Crippen LogP contribution is -1.92. The third-order valence-electron chi connectivity index (χ3n) is 4.60. The van der Waals surface area contributed by atoms with Crippen molar-refractivity contribution < 1.29 is 9.90 Å². The van der Waals surface area contributed by atoms with E-state index in [0.717, 1.165) is 41.6 Å². The average Bonchev–Trinajstić information content (AvgIpc) is 2.68. The molecule has 1 unspecified atom stereocenters. The Kier molecular flexibility index (Phi) is 6.65. The highest BCUT2D eigenvalue weighted by Crippen LogP contribution is 2.29. The minimum atomic E-state index is -0.423. The number of carbonyl (C=O) groups is 1. The molecule has 0 aliphatic heterocycles. The highest BCUT2D eigenvalue weighted by Gasteiger charge is 2.07. The molecule has 0 aliphatic carbocycles. The molecule has 0 aliphatic rings. The predicted molar refractivity (Wildman–Crippen MR) is 124 cm³/mol. The van der Waals surface area contributed by atoms with Crippen LogP contribution < -0.4 is 0 Å². The zero-order valence-electron chi connectivity index (χ0n) is 15.6. The maximum Gasteiger partial charge on any atom is 0.160 e. The number of aliphatic hydroxyl groups excluding tert-OH is 1. The molecule has 0 aromatic heterocycles. The molecule has 4 aromatic carbocycles. The second-order valence-electron chi connectivity index (χ2n) is 6.55. The Hall–Kier alpha value is -2.01. The van der Waals surface area contributed by atoms with E-state index in [1.54, 1.807) is 13.8 Å². The van der Waals surface area contributed by atoms with E-state index in [1.165, 1.54) is 0 Å². The third kappa shape index (κ3) is 4.35. The van der Waals surface area contributed by atoms with Crippen LogP contribution in [0.25, 0.3) is 21.5 Å². The Labute approximate surface area is 181 Å².